The van der Waals surface area contributed by atoms with Gasteiger partial charge in [-0.2, -0.15) is 4.31 Å². The Morgan fingerprint density at radius 3 is 2.23 bits per heavy atom. The predicted molar refractivity (Wildman–Crippen MR) is 121 cm³/mol. The van der Waals surface area contributed by atoms with Gasteiger partial charge in [-0.05, 0) is 50.8 Å². The van der Waals surface area contributed by atoms with E-state index in [0.717, 1.165) is 12.0 Å². The number of carbonyl (C=O) groups is 1. The van der Waals surface area contributed by atoms with Gasteiger partial charge in [0, 0.05) is 38.6 Å². The number of unbranched alkanes of at least 4 members (excludes halogenated alkanes) is 1. The van der Waals surface area contributed by atoms with Crippen molar-refractivity contribution in [3.63, 3.8) is 0 Å². The summed E-state index contributed by atoms with van der Waals surface area (Å²) in [6.07, 6.45) is 2.50. The zero-order chi connectivity index (χ0) is 23.2. The summed E-state index contributed by atoms with van der Waals surface area (Å²) in [5.74, 6) is -0.141. The van der Waals surface area contributed by atoms with Gasteiger partial charge in [-0.3, -0.25) is 4.79 Å². The van der Waals surface area contributed by atoms with Crippen LogP contribution in [-0.4, -0.2) is 63.3 Å². The van der Waals surface area contributed by atoms with Crippen LogP contribution in [0.1, 0.15) is 52.0 Å². The predicted octanol–water partition coefficient (Wildman–Crippen LogP) is 2.17. The average molecular weight is 474 g/mol. The van der Waals surface area contributed by atoms with Crippen LogP contribution in [0.3, 0.4) is 0 Å². The van der Waals surface area contributed by atoms with Gasteiger partial charge in [0.2, 0.25) is 26.0 Å². The van der Waals surface area contributed by atoms with Crippen molar-refractivity contribution >= 4 is 26.0 Å². The van der Waals surface area contributed by atoms with Crippen molar-refractivity contribution in [2.45, 2.75) is 63.9 Å². The highest BCUT2D eigenvalue weighted by Gasteiger charge is 2.30. The summed E-state index contributed by atoms with van der Waals surface area (Å²) in [7, 11) is -5.21. The van der Waals surface area contributed by atoms with Gasteiger partial charge in [0.15, 0.2) is 0 Å². The van der Waals surface area contributed by atoms with Crippen LogP contribution in [0, 0.1) is 5.92 Å². The van der Waals surface area contributed by atoms with Crippen molar-refractivity contribution in [3.05, 3.63) is 29.8 Å². The van der Waals surface area contributed by atoms with E-state index in [2.05, 4.69) is 5.32 Å². The zero-order valence-corrected chi connectivity index (χ0v) is 20.5. The van der Waals surface area contributed by atoms with Crippen molar-refractivity contribution in [2.75, 3.05) is 25.9 Å². The molecule has 0 aliphatic carbocycles. The molecule has 1 aromatic carbocycles. The van der Waals surface area contributed by atoms with E-state index in [1.807, 2.05) is 20.8 Å². The first-order valence-electron chi connectivity index (χ1n) is 10.8. The molecule has 31 heavy (non-hydrogen) atoms. The van der Waals surface area contributed by atoms with Gasteiger partial charge in [0.25, 0.3) is 0 Å². The maximum atomic E-state index is 12.5. The Labute approximate surface area is 187 Å². The van der Waals surface area contributed by atoms with E-state index < -0.39 is 20.0 Å². The quantitative estimate of drug-likeness (QED) is 0.561. The number of hydrogen-bond acceptors (Lipinski definition) is 5. The lowest BCUT2D eigenvalue weighted by atomic mass is 9.97. The molecule has 0 saturated carbocycles. The number of amides is 1. The molecular weight excluding hydrogens is 438 g/mol. The van der Waals surface area contributed by atoms with E-state index in [9.17, 15) is 21.6 Å². The first kappa shape index (κ1) is 25.8. The molecule has 0 atom stereocenters. The van der Waals surface area contributed by atoms with Crippen molar-refractivity contribution in [1.82, 2.24) is 13.9 Å². The molecule has 1 N–H and O–H groups in total. The van der Waals surface area contributed by atoms with E-state index in [1.54, 1.807) is 31.3 Å². The number of benzene rings is 1. The third kappa shape index (κ3) is 6.74. The summed E-state index contributed by atoms with van der Waals surface area (Å²) in [4.78, 5) is 12.7. The first-order valence-corrected chi connectivity index (χ1v) is 13.9. The molecule has 10 heteroatoms. The van der Waals surface area contributed by atoms with Gasteiger partial charge in [-0.25, -0.2) is 21.1 Å². The summed E-state index contributed by atoms with van der Waals surface area (Å²) in [5, 5.41) is 2.89. The van der Waals surface area contributed by atoms with Crippen molar-refractivity contribution < 1.29 is 21.6 Å². The molecule has 1 aliphatic heterocycles. The topological polar surface area (TPSA) is 104 Å². The van der Waals surface area contributed by atoms with Gasteiger partial charge < -0.3 is 5.32 Å². The van der Waals surface area contributed by atoms with E-state index in [1.165, 1.54) is 8.61 Å². The number of sulfonamides is 2. The molecule has 0 spiro atoms. The van der Waals surface area contributed by atoms with Crippen molar-refractivity contribution in [3.8, 4) is 0 Å². The zero-order valence-electron chi connectivity index (χ0n) is 18.9. The average Bonchev–Trinajstić information content (AvgIpc) is 2.75. The van der Waals surface area contributed by atoms with Gasteiger partial charge >= 0.3 is 0 Å². The lowest BCUT2D eigenvalue weighted by Gasteiger charge is -2.30. The second-order valence-corrected chi connectivity index (χ2v) is 12.4. The maximum Gasteiger partial charge on any atom is 0.243 e. The molecule has 1 heterocycles. The number of nitrogens with one attached hydrogen (secondary N) is 1. The molecule has 0 radical (unpaired) electrons. The fourth-order valence-corrected chi connectivity index (χ4v) is 6.46. The smallest absolute Gasteiger partial charge is 0.243 e. The van der Waals surface area contributed by atoms with Crippen LogP contribution in [0.15, 0.2) is 29.2 Å². The summed E-state index contributed by atoms with van der Waals surface area (Å²) in [5.41, 5.74) is 0.805. The molecule has 0 aromatic heterocycles. The normalized spacial score (nSPS) is 16.7. The maximum absolute atomic E-state index is 12.5. The fraction of sp³-hybridized carbons (Fsp3) is 0.667. The van der Waals surface area contributed by atoms with Crippen LogP contribution < -0.4 is 5.32 Å². The molecule has 1 aliphatic rings. The van der Waals surface area contributed by atoms with Crippen LogP contribution in [0.2, 0.25) is 0 Å². The highest BCUT2D eigenvalue weighted by molar-refractivity contribution is 7.89. The highest BCUT2D eigenvalue weighted by Crippen LogP contribution is 2.21. The SMILES string of the molecule is CCCCS(=O)(=O)N1CCC(C(=O)NCc2ccc(S(=O)(=O)N(C)C(C)C)cc2)CC1. The van der Waals surface area contributed by atoms with E-state index in [-0.39, 0.29) is 28.5 Å². The minimum atomic E-state index is -3.53. The first-order chi connectivity index (χ1) is 14.5. The molecule has 1 aromatic rings. The molecule has 1 amide bonds. The molecular formula is C21H35N3O5S2. The van der Waals surface area contributed by atoms with E-state index in [0.29, 0.717) is 38.9 Å². The summed E-state index contributed by atoms with van der Waals surface area (Å²) in [6.45, 7) is 6.64. The highest BCUT2D eigenvalue weighted by atomic mass is 32.2. The second-order valence-electron chi connectivity index (χ2n) is 8.32. The molecule has 2 rings (SSSR count). The largest absolute Gasteiger partial charge is 0.352 e. The molecule has 0 unspecified atom stereocenters. The number of carbonyl (C=O) groups excluding carboxylic acids is 1. The molecule has 8 nitrogen and oxygen atoms in total. The van der Waals surface area contributed by atoms with Crippen LogP contribution in [-0.2, 0) is 31.4 Å². The Morgan fingerprint density at radius 2 is 1.71 bits per heavy atom. The monoisotopic (exact) mass is 473 g/mol. The molecule has 1 fully saturated rings. The van der Waals surface area contributed by atoms with Crippen LogP contribution in [0.4, 0.5) is 0 Å². The van der Waals surface area contributed by atoms with Gasteiger partial charge in [-0.15, -0.1) is 0 Å². The molecule has 176 valence electrons. The number of rotatable bonds is 10. The Balaban J connectivity index is 1.87. The number of nitrogens with zero attached hydrogens (tertiary/aromatic N) is 2. The molecule has 1 saturated heterocycles. The number of hydrogen-bond donors (Lipinski definition) is 1. The minimum absolute atomic E-state index is 0.0955. The van der Waals surface area contributed by atoms with Crippen LogP contribution >= 0.6 is 0 Å². The third-order valence-electron chi connectivity index (χ3n) is 5.77. The standard InChI is InChI=1S/C21H35N3O5S2/c1-5-6-15-30(26,27)24-13-11-19(12-14-24)21(25)22-16-18-7-9-20(10-8-18)31(28,29)23(4)17(2)3/h7-10,17,19H,5-6,11-16H2,1-4H3,(H,22,25). The fourth-order valence-electron chi connectivity index (χ4n) is 3.41. The van der Waals surface area contributed by atoms with Gasteiger partial charge in [0.1, 0.15) is 0 Å². The number of piperidine rings is 1. The second kappa shape index (κ2) is 10.9. The van der Waals surface area contributed by atoms with Gasteiger partial charge in [-0.1, -0.05) is 25.5 Å². The molecule has 0 bridgehead atoms. The van der Waals surface area contributed by atoms with Gasteiger partial charge in [0.05, 0.1) is 10.6 Å². The Kier molecular flexibility index (Phi) is 9.05. The van der Waals surface area contributed by atoms with E-state index in [4.69, 9.17) is 0 Å². The third-order valence-corrected chi connectivity index (χ3v) is 9.77. The minimum Gasteiger partial charge on any atom is -0.352 e. The summed E-state index contributed by atoms with van der Waals surface area (Å²) >= 11 is 0. The van der Waals surface area contributed by atoms with Crippen molar-refractivity contribution in [1.29, 1.82) is 0 Å². The van der Waals surface area contributed by atoms with E-state index >= 15 is 0 Å². The van der Waals surface area contributed by atoms with Crippen LogP contribution in [0.5, 0.6) is 0 Å². The Morgan fingerprint density at radius 1 is 1.13 bits per heavy atom. The summed E-state index contributed by atoms with van der Waals surface area (Å²) in [6, 6.07) is 6.36. The summed E-state index contributed by atoms with van der Waals surface area (Å²) < 4.78 is 52.4. The Hall–Kier alpha value is -1.49. The Bertz CT molecular complexity index is 936. The lowest BCUT2D eigenvalue weighted by molar-refractivity contribution is -0.126. The van der Waals surface area contributed by atoms with Crippen LogP contribution in [0.25, 0.3) is 0 Å². The lowest BCUT2D eigenvalue weighted by Crippen LogP contribution is -2.43. The van der Waals surface area contributed by atoms with Crippen molar-refractivity contribution in [2.24, 2.45) is 5.92 Å².